The van der Waals surface area contributed by atoms with Crippen molar-refractivity contribution in [3.05, 3.63) is 65.5 Å². The van der Waals surface area contributed by atoms with E-state index in [0.717, 1.165) is 24.0 Å². The summed E-state index contributed by atoms with van der Waals surface area (Å²) in [6.07, 6.45) is -2.72. The number of hydrogen-bond acceptors (Lipinski definition) is 3. The van der Waals surface area contributed by atoms with Crippen LogP contribution in [-0.4, -0.2) is 10.9 Å². The summed E-state index contributed by atoms with van der Waals surface area (Å²) >= 11 is 0. The fourth-order valence-corrected chi connectivity index (χ4v) is 2.03. The van der Waals surface area contributed by atoms with Crippen molar-refractivity contribution in [2.45, 2.75) is 25.6 Å². The SMILES string of the molecule is CC(C)(NNC(=O)c1cnccc1C(F)(F)F)c1ccccc1. The number of carbonyl (C=O) groups is 1. The van der Waals surface area contributed by atoms with Gasteiger partial charge in [0.25, 0.3) is 5.91 Å². The van der Waals surface area contributed by atoms with E-state index in [1.165, 1.54) is 0 Å². The van der Waals surface area contributed by atoms with Gasteiger partial charge in [-0.3, -0.25) is 15.2 Å². The van der Waals surface area contributed by atoms with E-state index in [4.69, 9.17) is 0 Å². The highest BCUT2D eigenvalue weighted by Crippen LogP contribution is 2.31. The van der Waals surface area contributed by atoms with Gasteiger partial charge >= 0.3 is 6.18 Å². The van der Waals surface area contributed by atoms with Crippen LogP contribution in [0.4, 0.5) is 13.2 Å². The third-order valence-electron chi connectivity index (χ3n) is 3.36. The first-order valence-electron chi connectivity index (χ1n) is 6.86. The Morgan fingerprint density at radius 1 is 1.09 bits per heavy atom. The van der Waals surface area contributed by atoms with E-state index in [0.29, 0.717) is 0 Å². The molecule has 1 aromatic carbocycles. The molecular weight excluding hydrogens is 307 g/mol. The van der Waals surface area contributed by atoms with E-state index in [2.05, 4.69) is 15.8 Å². The van der Waals surface area contributed by atoms with Crippen LogP contribution in [0.15, 0.2) is 48.8 Å². The van der Waals surface area contributed by atoms with Crippen molar-refractivity contribution in [2.75, 3.05) is 0 Å². The Balaban J connectivity index is 2.15. The van der Waals surface area contributed by atoms with Crippen molar-refractivity contribution in [1.82, 2.24) is 15.8 Å². The second-order valence-electron chi connectivity index (χ2n) is 5.49. The largest absolute Gasteiger partial charge is 0.417 e. The molecule has 0 saturated carbocycles. The van der Waals surface area contributed by atoms with Crippen molar-refractivity contribution in [3.8, 4) is 0 Å². The molecule has 2 aromatic rings. The zero-order valence-electron chi connectivity index (χ0n) is 12.6. The number of aromatic nitrogens is 1. The monoisotopic (exact) mass is 323 g/mol. The Morgan fingerprint density at radius 3 is 2.35 bits per heavy atom. The smallest absolute Gasteiger partial charge is 0.287 e. The number of rotatable bonds is 4. The molecule has 1 aromatic heterocycles. The molecule has 2 rings (SSSR count). The molecule has 1 amide bonds. The first-order valence-corrected chi connectivity index (χ1v) is 6.86. The second-order valence-corrected chi connectivity index (χ2v) is 5.49. The van der Waals surface area contributed by atoms with Crippen LogP contribution >= 0.6 is 0 Å². The van der Waals surface area contributed by atoms with Crippen LogP contribution in [-0.2, 0) is 11.7 Å². The first kappa shape index (κ1) is 17.0. The summed E-state index contributed by atoms with van der Waals surface area (Å²) in [7, 11) is 0. The van der Waals surface area contributed by atoms with Crippen LogP contribution in [0.5, 0.6) is 0 Å². The number of hydrazine groups is 1. The Bertz CT molecular complexity index is 684. The molecule has 0 spiro atoms. The Morgan fingerprint density at radius 2 is 1.74 bits per heavy atom. The predicted octanol–water partition coefficient (Wildman–Crippen LogP) is 3.27. The van der Waals surface area contributed by atoms with Crippen molar-refractivity contribution in [3.63, 3.8) is 0 Å². The number of nitrogens with one attached hydrogen (secondary N) is 2. The van der Waals surface area contributed by atoms with Crippen molar-refractivity contribution >= 4 is 5.91 Å². The molecule has 4 nitrogen and oxygen atoms in total. The van der Waals surface area contributed by atoms with Gasteiger partial charge < -0.3 is 0 Å². The first-order chi connectivity index (χ1) is 10.7. The highest BCUT2D eigenvalue weighted by molar-refractivity contribution is 5.95. The molecule has 0 bridgehead atoms. The summed E-state index contributed by atoms with van der Waals surface area (Å²) in [5.74, 6) is -0.894. The molecule has 122 valence electrons. The minimum absolute atomic E-state index is 0.531. The third kappa shape index (κ3) is 4.07. The standard InChI is InChI=1S/C16H16F3N3O/c1-15(2,11-6-4-3-5-7-11)22-21-14(23)12-10-20-9-8-13(12)16(17,18)19/h3-10,22H,1-2H3,(H,21,23). The van der Waals surface area contributed by atoms with Gasteiger partial charge in [0.15, 0.2) is 0 Å². The van der Waals surface area contributed by atoms with E-state index in [1.807, 2.05) is 30.3 Å². The fraction of sp³-hybridized carbons (Fsp3) is 0.250. The predicted molar refractivity (Wildman–Crippen MR) is 79.3 cm³/mol. The number of nitrogens with zero attached hydrogens (tertiary/aromatic N) is 1. The van der Waals surface area contributed by atoms with Gasteiger partial charge in [-0.1, -0.05) is 30.3 Å². The zero-order valence-corrected chi connectivity index (χ0v) is 12.6. The summed E-state index contributed by atoms with van der Waals surface area (Å²) in [5, 5.41) is 0. The lowest BCUT2D eigenvalue weighted by Gasteiger charge is -2.27. The van der Waals surface area contributed by atoms with Crippen LogP contribution in [0.25, 0.3) is 0 Å². The number of amides is 1. The van der Waals surface area contributed by atoms with Gasteiger partial charge in [-0.25, -0.2) is 5.43 Å². The highest BCUT2D eigenvalue weighted by Gasteiger charge is 2.35. The average Bonchev–Trinajstić information content (AvgIpc) is 2.53. The molecule has 2 N–H and O–H groups in total. The summed E-state index contributed by atoms with van der Waals surface area (Å²) in [6.45, 7) is 3.60. The Labute approximate surface area is 131 Å². The summed E-state index contributed by atoms with van der Waals surface area (Å²) in [5.41, 5.74) is 3.75. The number of halogens is 3. The minimum Gasteiger partial charge on any atom is -0.287 e. The maximum atomic E-state index is 12.9. The fourth-order valence-electron chi connectivity index (χ4n) is 2.03. The van der Waals surface area contributed by atoms with Crippen LogP contribution < -0.4 is 10.9 Å². The molecule has 0 unspecified atom stereocenters. The van der Waals surface area contributed by atoms with Gasteiger partial charge in [-0.05, 0) is 25.5 Å². The molecule has 0 aliphatic heterocycles. The molecule has 23 heavy (non-hydrogen) atoms. The Kier molecular flexibility index (Phi) is 4.70. The van der Waals surface area contributed by atoms with Crippen LogP contribution in [0.2, 0.25) is 0 Å². The van der Waals surface area contributed by atoms with Gasteiger partial charge in [-0.15, -0.1) is 0 Å². The Hall–Kier alpha value is -2.41. The lowest BCUT2D eigenvalue weighted by Crippen LogP contribution is -2.49. The molecule has 1 heterocycles. The molecular formula is C16H16F3N3O. The molecule has 7 heteroatoms. The van der Waals surface area contributed by atoms with Gasteiger partial charge in [0.05, 0.1) is 16.7 Å². The van der Waals surface area contributed by atoms with Crippen LogP contribution in [0, 0.1) is 0 Å². The molecule has 0 atom stereocenters. The van der Waals surface area contributed by atoms with Crippen LogP contribution in [0.3, 0.4) is 0 Å². The van der Waals surface area contributed by atoms with E-state index in [9.17, 15) is 18.0 Å². The minimum atomic E-state index is -4.62. The number of benzene rings is 1. The molecule has 0 aliphatic carbocycles. The van der Waals surface area contributed by atoms with E-state index < -0.39 is 28.7 Å². The lowest BCUT2D eigenvalue weighted by molar-refractivity contribution is -0.138. The van der Waals surface area contributed by atoms with Gasteiger partial charge in [0.1, 0.15) is 0 Å². The normalized spacial score (nSPS) is 12.0. The topological polar surface area (TPSA) is 54.0 Å². The quantitative estimate of drug-likeness (QED) is 0.849. The maximum Gasteiger partial charge on any atom is 0.417 e. The zero-order chi connectivity index (χ0) is 17.1. The van der Waals surface area contributed by atoms with Crippen molar-refractivity contribution in [1.29, 1.82) is 0 Å². The van der Waals surface area contributed by atoms with Gasteiger partial charge in [-0.2, -0.15) is 13.2 Å². The second kappa shape index (κ2) is 6.37. The number of pyridine rings is 1. The van der Waals surface area contributed by atoms with Crippen molar-refractivity contribution in [2.24, 2.45) is 0 Å². The van der Waals surface area contributed by atoms with Gasteiger partial charge in [0.2, 0.25) is 0 Å². The summed E-state index contributed by atoms with van der Waals surface area (Å²) in [4.78, 5) is 15.7. The van der Waals surface area contributed by atoms with Gasteiger partial charge in [0, 0.05) is 12.4 Å². The van der Waals surface area contributed by atoms with E-state index >= 15 is 0 Å². The molecule has 0 saturated heterocycles. The number of hydrogen-bond donors (Lipinski definition) is 2. The third-order valence-corrected chi connectivity index (χ3v) is 3.36. The number of alkyl halides is 3. The van der Waals surface area contributed by atoms with E-state index in [1.54, 1.807) is 13.8 Å². The molecule has 0 fully saturated rings. The summed E-state index contributed by atoms with van der Waals surface area (Å²) < 4.78 is 38.8. The van der Waals surface area contributed by atoms with E-state index in [-0.39, 0.29) is 0 Å². The van der Waals surface area contributed by atoms with Crippen molar-refractivity contribution < 1.29 is 18.0 Å². The molecule has 0 aliphatic rings. The maximum absolute atomic E-state index is 12.9. The molecule has 0 radical (unpaired) electrons. The number of carbonyl (C=O) groups excluding carboxylic acids is 1. The average molecular weight is 323 g/mol. The summed E-state index contributed by atoms with van der Waals surface area (Å²) in [6, 6.07) is 10.0. The van der Waals surface area contributed by atoms with Crippen LogP contribution in [0.1, 0.15) is 35.3 Å². The lowest BCUT2D eigenvalue weighted by atomic mass is 9.95. The highest BCUT2D eigenvalue weighted by atomic mass is 19.4.